The number of hydrogen-bond donors (Lipinski definition) is 2. The summed E-state index contributed by atoms with van der Waals surface area (Å²) in [6.45, 7) is 8.18. The quantitative estimate of drug-likeness (QED) is 0.751. The molecule has 4 heteroatoms. The highest BCUT2D eigenvalue weighted by atomic mass is 16.5. The summed E-state index contributed by atoms with van der Waals surface area (Å²) < 4.78 is 5.23. The second-order valence-electron chi connectivity index (χ2n) is 5.77. The van der Waals surface area contributed by atoms with Crippen LogP contribution >= 0.6 is 0 Å². The number of amides is 1. The number of nitrogens with two attached hydrogens (primary N) is 1. The third-order valence-electron chi connectivity index (χ3n) is 2.79. The first-order valence-electron chi connectivity index (χ1n) is 6.00. The molecule has 1 saturated heterocycles. The number of carbonyl (C=O) groups excluding carboxylic acids is 1. The van der Waals surface area contributed by atoms with Gasteiger partial charge in [-0.1, -0.05) is 20.8 Å². The van der Waals surface area contributed by atoms with Crippen LogP contribution in [0, 0.1) is 11.3 Å². The van der Waals surface area contributed by atoms with Crippen LogP contribution in [0.4, 0.5) is 0 Å². The van der Waals surface area contributed by atoms with Gasteiger partial charge >= 0.3 is 0 Å². The van der Waals surface area contributed by atoms with Crippen LogP contribution in [0.3, 0.4) is 0 Å². The van der Waals surface area contributed by atoms with Crippen molar-refractivity contribution in [2.45, 2.75) is 39.7 Å². The molecule has 4 nitrogen and oxygen atoms in total. The smallest absolute Gasteiger partial charge is 0.224 e. The van der Waals surface area contributed by atoms with E-state index in [0.29, 0.717) is 13.2 Å². The molecule has 1 fully saturated rings. The van der Waals surface area contributed by atoms with E-state index in [2.05, 4.69) is 26.1 Å². The Labute approximate surface area is 97.9 Å². The van der Waals surface area contributed by atoms with E-state index in [0.717, 1.165) is 19.4 Å². The number of hydrogen-bond acceptors (Lipinski definition) is 3. The monoisotopic (exact) mass is 228 g/mol. The topological polar surface area (TPSA) is 64.4 Å². The molecule has 0 aromatic rings. The first-order chi connectivity index (χ1) is 7.42. The Kier molecular flexibility index (Phi) is 4.74. The highest BCUT2D eigenvalue weighted by Gasteiger charge is 2.26. The zero-order valence-corrected chi connectivity index (χ0v) is 10.6. The number of nitrogens with one attached hydrogen (secondary N) is 1. The maximum atomic E-state index is 12.0. The van der Waals surface area contributed by atoms with Crippen molar-refractivity contribution < 1.29 is 9.53 Å². The van der Waals surface area contributed by atoms with Crippen molar-refractivity contribution in [3.05, 3.63) is 0 Å². The minimum atomic E-state index is -0.0828. The molecule has 0 bridgehead atoms. The van der Waals surface area contributed by atoms with Crippen molar-refractivity contribution in [1.82, 2.24) is 5.32 Å². The molecule has 0 aromatic carbocycles. The van der Waals surface area contributed by atoms with Gasteiger partial charge < -0.3 is 15.8 Å². The summed E-state index contributed by atoms with van der Waals surface area (Å²) >= 11 is 0. The highest BCUT2D eigenvalue weighted by molar-refractivity contribution is 5.79. The summed E-state index contributed by atoms with van der Waals surface area (Å²) in [6.07, 6.45) is 1.74. The van der Waals surface area contributed by atoms with E-state index in [9.17, 15) is 4.79 Å². The van der Waals surface area contributed by atoms with Gasteiger partial charge in [-0.05, 0) is 18.3 Å². The Morgan fingerprint density at radius 1 is 1.56 bits per heavy atom. The Hall–Kier alpha value is -0.610. The molecule has 0 spiro atoms. The molecule has 1 aliphatic rings. The maximum Gasteiger partial charge on any atom is 0.224 e. The van der Waals surface area contributed by atoms with E-state index in [-0.39, 0.29) is 23.3 Å². The molecule has 0 radical (unpaired) electrons. The number of ether oxygens (including phenoxy) is 1. The molecule has 1 amide bonds. The standard InChI is InChI=1S/C12H24N2O2/c1-12(2,3)6-9(7-13)11(15)14-10-4-5-16-8-10/h9-10H,4-8,13H2,1-3H3,(H,14,15). The lowest BCUT2D eigenvalue weighted by Crippen LogP contribution is -2.42. The SMILES string of the molecule is CC(C)(C)CC(CN)C(=O)NC1CCOC1. The van der Waals surface area contributed by atoms with Gasteiger partial charge in [0.15, 0.2) is 0 Å². The molecule has 2 atom stereocenters. The zero-order valence-electron chi connectivity index (χ0n) is 10.6. The van der Waals surface area contributed by atoms with Crippen LogP contribution < -0.4 is 11.1 Å². The molecule has 1 aliphatic heterocycles. The lowest BCUT2D eigenvalue weighted by molar-refractivity contribution is -0.126. The summed E-state index contributed by atoms with van der Waals surface area (Å²) in [4.78, 5) is 12.0. The minimum absolute atomic E-state index is 0.0768. The van der Waals surface area contributed by atoms with Crippen molar-refractivity contribution in [3.63, 3.8) is 0 Å². The van der Waals surface area contributed by atoms with Crippen molar-refractivity contribution in [2.24, 2.45) is 17.1 Å². The fourth-order valence-electron chi connectivity index (χ4n) is 1.99. The van der Waals surface area contributed by atoms with Gasteiger partial charge in [0.25, 0.3) is 0 Å². The largest absolute Gasteiger partial charge is 0.379 e. The van der Waals surface area contributed by atoms with Crippen molar-refractivity contribution >= 4 is 5.91 Å². The molecule has 94 valence electrons. The Morgan fingerprint density at radius 2 is 2.25 bits per heavy atom. The van der Waals surface area contributed by atoms with Crippen LogP contribution in [0.1, 0.15) is 33.6 Å². The lowest BCUT2D eigenvalue weighted by atomic mass is 9.84. The van der Waals surface area contributed by atoms with Crippen molar-refractivity contribution in [2.75, 3.05) is 19.8 Å². The van der Waals surface area contributed by atoms with E-state index in [1.165, 1.54) is 0 Å². The van der Waals surface area contributed by atoms with E-state index < -0.39 is 0 Å². The van der Waals surface area contributed by atoms with E-state index >= 15 is 0 Å². The first kappa shape index (κ1) is 13.5. The third kappa shape index (κ3) is 4.49. The molecular formula is C12H24N2O2. The Balaban J connectivity index is 2.42. The highest BCUT2D eigenvalue weighted by Crippen LogP contribution is 2.24. The van der Waals surface area contributed by atoms with Gasteiger partial charge in [0, 0.05) is 13.2 Å². The van der Waals surface area contributed by atoms with E-state index in [1.54, 1.807) is 0 Å². The average Bonchev–Trinajstić information content (AvgIpc) is 2.65. The van der Waals surface area contributed by atoms with Crippen molar-refractivity contribution in [3.8, 4) is 0 Å². The summed E-state index contributed by atoms with van der Waals surface area (Å²) in [5.41, 5.74) is 5.80. The molecule has 1 heterocycles. The van der Waals surface area contributed by atoms with Gasteiger partial charge in [-0.25, -0.2) is 0 Å². The van der Waals surface area contributed by atoms with Crippen LogP contribution in [-0.2, 0) is 9.53 Å². The minimum Gasteiger partial charge on any atom is -0.379 e. The zero-order chi connectivity index (χ0) is 12.2. The molecule has 2 unspecified atom stereocenters. The van der Waals surface area contributed by atoms with Gasteiger partial charge in [0.2, 0.25) is 5.91 Å². The summed E-state index contributed by atoms with van der Waals surface area (Å²) in [5, 5.41) is 3.01. The van der Waals surface area contributed by atoms with Gasteiger partial charge in [-0.2, -0.15) is 0 Å². The summed E-state index contributed by atoms with van der Waals surface area (Å²) in [6, 6.07) is 0.182. The average molecular weight is 228 g/mol. The third-order valence-corrected chi connectivity index (χ3v) is 2.79. The van der Waals surface area contributed by atoms with E-state index in [4.69, 9.17) is 10.5 Å². The molecule has 1 rings (SSSR count). The van der Waals surface area contributed by atoms with E-state index in [1.807, 2.05) is 0 Å². The Morgan fingerprint density at radius 3 is 2.69 bits per heavy atom. The van der Waals surface area contributed by atoms with Gasteiger partial charge in [0.1, 0.15) is 0 Å². The normalized spacial score (nSPS) is 23.1. The number of carbonyl (C=O) groups is 1. The molecule has 0 saturated carbocycles. The molecule has 0 aromatic heterocycles. The van der Waals surface area contributed by atoms with Crippen LogP contribution in [0.15, 0.2) is 0 Å². The summed E-state index contributed by atoms with van der Waals surface area (Å²) in [7, 11) is 0. The van der Waals surface area contributed by atoms with Crippen LogP contribution in [-0.4, -0.2) is 31.7 Å². The molecular weight excluding hydrogens is 204 g/mol. The van der Waals surface area contributed by atoms with Crippen LogP contribution in [0.2, 0.25) is 0 Å². The second-order valence-corrected chi connectivity index (χ2v) is 5.77. The van der Waals surface area contributed by atoms with Crippen LogP contribution in [0.25, 0.3) is 0 Å². The summed E-state index contributed by atoms with van der Waals surface area (Å²) in [5.74, 6) is -0.00600. The predicted molar refractivity (Wildman–Crippen MR) is 64.0 cm³/mol. The molecule has 3 N–H and O–H groups in total. The Bertz CT molecular complexity index is 230. The first-order valence-corrected chi connectivity index (χ1v) is 6.00. The van der Waals surface area contributed by atoms with Gasteiger partial charge in [-0.3, -0.25) is 4.79 Å². The number of rotatable bonds is 4. The lowest BCUT2D eigenvalue weighted by Gasteiger charge is -2.25. The fraction of sp³-hybridized carbons (Fsp3) is 0.917. The predicted octanol–water partition coefficient (Wildman–Crippen LogP) is 0.903. The van der Waals surface area contributed by atoms with Gasteiger partial charge in [-0.15, -0.1) is 0 Å². The van der Waals surface area contributed by atoms with Gasteiger partial charge in [0.05, 0.1) is 18.6 Å². The second kappa shape index (κ2) is 5.64. The molecule has 16 heavy (non-hydrogen) atoms. The maximum absolute atomic E-state index is 12.0. The van der Waals surface area contributed by atoms with Crippen LogP contribution in [0.5, 0.6) is 0 Å². The molecule has 0 aliphatic carbocycles. The fourth-order valence-corrected chi connectivity index (χ4v) is 1.99. The van der Waals surface area contributed by atoms with Crippen molar-refractivity contribution in [1.29, 1.82) is 0 Å².